The van der Waals surface area contributed by atoms with Gasteiger partial charge in [0.15, 0.2) is 11.6 Å². The summed E-state index contributed by atoms with van der Waals surface area (Å²) in [4.78, 5) is 3.96. The maximum Gasteiger partial charge on any atom is 0.166 e. The van der Waals surface area contributed by atoms with Crippen LogP contribution in [0.25, 0.3) is 0 Å². The van der Waals surface area contributed by atoms with Gasteiger partial charge in [0.05, 0.1) is 0 Å². The van der Waals surface area contributed by atoms with E-state index in [1.54, 1.807) is 36.5 Å². The van der Waals surface area contributed by atoms with Gasteiger partial charge in [-0.25, -0.2) is 4.98 Å². The Kier molecular flexibility index (Phi) is 3.94. The Morgan fingerprint density at radius 2 is 2.06 bits per heavy atom. The molecule has 1 heterocycles. The minimum atomic E-state index is -0.261. The van der Waals surface area contributed by atoms with Gasteiger partial charge < -0.3 is 10.5 Å². The molecule has 0 amide bonds. The molecule has 18 heavy (non-hydrogen) atoms. The van der Waals surface area contributed by atoms with Crippen molar-refractivity contribution in [2.24, 2.45) is 0 Å². The molecule has 1 aromatic carbocycles. The summed E-state index contributed by atoms with van der Waals surface area (Å²) in [5, 5.41) is 1.22. The van der Waals surface area contributed by atoms with E-state index in [-0.39, 0.29) is 6.10 Å². The maximum absolute atomic E-state index is 6.11. The van der Waals surface area contributed by atoms with Gasteiger partial charge in [-0.05, 0) is 37.3 Å². The molecule has 0 bridgehead atoms. The van der Waals surface area contributed by atoms with Crippen LogP contribution in [0.15, 0.2) is 36.5 Å². The third-order valence-electron chi connectivity index (χ3n) is 2.50. The Morgan fingerprint density at radius 1 is 1.28 bits per heavy atom. The molecule has 1 atom stereocenters. The number of benzene rings is 1. The number of nitrogens with zero attached hydrogens (tertiary/aromatic N) is 1. The van der Waals surface area contributed by atoms with Gasteiger partial charge in [0.25, 0.3) is 0 Å². The Morgan fingerprint density at radius 3 is 2.78 bits per heavy atom. The summed E-state index contributed by atoms with van der Waals surface area (Å²) < 4.78 is 5.74. The molecule has 0 aliphatic rings. The SMILES string of the molecule is C[C@H](Oc1cccnc1N)c1cc(Cl)ccc1Cl. The monoisotopic (exact) mass is 282 g/mol. The van der Waals surface area contributed by atoms with E-state index in [2.05, 4.69) is 4.98 Å². The number of halogens is 2. The first kappa shape index (κ1) is 13.0. The number of nitrogens with two attached hydrogens (primary N) is 1. The molecule has 0 saturated carbocycles. The van der Waals surface area contributed by atoms with Crippen LogP contribution in [0.4, 0.5) is 5.82 Å². The van der Waals surface area contributed by atoms with Crippen molar-refractivity contribution in [3.05, 3.63) is 52.1 Å². The fourth-order valence-electron chi connectivity index (χ4n) is 1.58. The van der Waals surface area contributed by atoms with E-state index in [4.69, 9.17) is 33.7 Å². The van der Waals surface area contributed by atoms with Crippen molar-refractivity contribution in [3.8, 4) is 5.75 Å². The lowest BCUT2D eigenvalue weighted by molar-refractivity contribution is 0.227. The van der Waals surface area contributed by atoms with Crippen LogP contribution < -0.4 is 10.5 Å². The van der Waals surface area contributed by atoms with Crippen molar-refractivity contribution in [1.29, 1.82) is 0 Å². The number of pyridine rings is 1. The van der Waals surface area contributed by atoms with Gasteiger partial charge in [0, 0.05) is 21.8 Å². The van der Waals surface area contributed by atoms with Crippen LogP contribution in [-0.2, 0) is 0 Å². The zero-order valence-electron chi connectivity index (χ0n) is 9.73. The molecule has 5 heteroatoms. The molecule has 0 fully saturated rings. The van der Waals surface area contributed by atoms with Crippen LogP contribution in [0.5, 0.6) is 5.75 Å². The van der Waals surface area contributed by atoms with Gasteiger partial charge in [-0.3, -0.25) is 0 Å². The number of hydrogen-bond acceptors (Lipinski definition) is 3. The van der Waals surface area contributed by atoms with Gasteiger partial charge in [-0.15, -0.1) is 0 Å². The van der Waals surface area contributed by atoms with Gasteiger partial charge >= 0.3 is 0 Å². The van der Waals surface area contributed by atoms with E-state index in [1.807, 2.05) is 6.92 Å². The molecule has 2 aromatic rings. The lowest BCUT2D eigenvalue weighted by Crippen LogP contribution is -2.06. The first-order valence-corrected chi connectivity index (χ1v) is 6.15. The van der Waals surface area contributed by atoms with Gasteiger partial charge in [0.2, 0.25) is 0 Å². The van der Waals surface area contributed by atoms with Crippen LogP contribution >= 0.6 is 23.2 Å². The highest BCUT2D eigenvalue weighted by atomic mass is 35.5. The summed E-state index contributed by atoms with van der Waals surface area (Å²) in [7, 11) is 0. The number of hydrogen-bond donors (Lipinski definition) is 1. The van der Waals surface area contributed by atoms with E-state index in [0.717, 1.165) is 5.56 Å². The van der Waals surface area contributed by atoms with Gasteiger partial charge in [-0.1, -0.05) is 23.2 Å². The van der Waals surface area contributed by atoms with Crippen molar-refractivity contribution in [2.75, 3.05) is 5.73 Å². The van der Waals surface area contributed by atoms with Crippen molar-refractivity contribution in [2.45, 2.75) is 13.0 Å². The number of anilines is 1. The highest BCUT2D eigenvalue weighted by Gasteiger charge is 2.13. The Balaban J connectivity index is 2.25. The van der Waals surface area contributed by atoms with Crippen molar-refractivity contribution in [1.82, 2.24) is 4.98 Å². The molecule has 0 spiro atoms. The second-order valence-corrected chi connectivity index (χ2v) is 4.66. The second kappa shape index (κ2) is 5.46. The average Bonchev–Trinajstić information content (AvgIpc) is 2.35. The molecule has 2 N–H and O–H groups in total. The molecule has 0 unspecified atom stereocenters. The molecule has 3 nitrogen and oxygen atoms in total. The van der Waals surface area contributed by atoms with Crippen LogP contribution in [0.2, 0.25) is 10.0 Å². The molecule has 2 rings (SSSR count). The predicted octanol–water partition coefficient (Wildman–Crippen LogP) is 4.11. The van der Waals surface area contributed by atoms with Crippen LogP contribution in [0, 0.1) is 0 Å². The topological polar surface area (TPSA) is 48.1 Å². The first-order chi connectivity index (χ1) is 8.58. The fourth-order valence-corrected chi connectivity index (χ4v) is 2.03. The summed E-state index contributed by atoms with van der Waals surface area (Å²) in [5.74, 6) is 0.878. The zero-order valence-corrected chi connectivity index (χ0v) is 11.2. The summed E-state index contributed by atoms with van der Waals surface area (Å²) >= 11 is 12.1. The highest BCUT2D eigenvalue weighted by molar-refractivity contribution is 6.33. The molecular weight excluding hydrogens is 271 g/mol. The number of nitrogen functional groups attached to an aromatic ring is 1. The normalized spacial score (nSPS) is 12.2. The van der Waals surface area contributed by atoms with E-state index < -0.39 is 0 Å². The third kappa shape index (κ3) is 2.86. The van der Waals surface area contributed by atoms with Crippen LogP contribution in [0.1, 0.15) is 18.6 Å². The number of ether oxygens (including phenoxy) is 1. The molecule has 0 radical (unpaired) electrons. The zero-order chi connectivity index (χ0) is 13.1. The fraction of sp³-hybridized carbons (Fsp3) is 0.154. The average molecular weight is 283 g/mol. The van der Waals surface area contributed by atoms with E-state index in [0.29, 0.717) is 21.6 Å². The lowest BCUT2D eigenvalue weighted by atomic mass is 10.1. The maximum atomic E-state index is 6.11. The van der Waals surface area contributed by atoms with Crippen molar-refractivity contribution in [3.63, 3.8) is 0 Å². The summed E-state index contributed by atoms with van der Waals surface area (Å²) in [6, 6.07) is 8.78. The molecule has 1 aromatic heterocycles. The number of rotatable bonds is 3. The molecule has 94 valence electrons. The molecule has 0 saturated heterocycles. The lowest BCUT2D eigenvalue weighted by Gasteiger charge is -2.17. The molecule has 0 aliphatic carbocycles. The second-order valence-electron chi connectivity index (χ2n) is 3.81. The number of aromatic nitrogens is 1. The minimum Gasteiger partial charge on any atom is -0.482 e. The van der Waals surface area contributed by atoms with E-state index >= 15 is 0 Å². The van der Waals surface area contributed by atoms with Crippen LogP contribution in [0.3, 0.4) is 0 Å². The van der Waals surface area contributed by atoms with Crippen molar-refractivity contribution >= 4 is 29.0 Å². The minimum absolute atomic E-state index is 0.261. The first-order valence-electron chi connectivity index (χ1n) is 5.40. The highest BCUT2D eigenvalue weighted by Crippen LogP contribution is 2.31. The van der Waals surface area contributed by atoms with E-state index in [9.17, 15) is 0 Å². The largest absolute Gasteiger partial charge is 0.482 e. The third-order valence-corrected chi connectivity index (χ3v) is 3.08. The van der Waals surface area contributed by atoms with E-state index in [1.165, 1.54) is 0 Å². The summed E-state index contributed by atoms with van der Waals surface area (Å²) in [6.07, 6.45) is 1.35. The predicted molar refractivity (Wildman–Crippen MR) is 74.2 cm³/mol. The summed E-state index contributed by atoms with van der Waals surface area (Å²) in [5.41, 5.74) is 6.53. The van der Waals surface area contributed by atoms with Crippen LogP contribution in [-0.4, -0.2) is 4.98 Å². The standard InChI is InChI=1S/C13H12Cl2N2O/c1-8(10-7-9(14)4-5-11(10)15)18-12-3-2-6-17-13(12)16/h2-8H,1H3,(H2,16,17)/t8-/m0/s1. The Bertz CT molecular complexity index is 560. The van der Waals surface area contributed by atoms with Gasteiger partial charge in [0.1, 0.15) is 6.10 Å². The quantitative estimate of drug-likeness (QED) is 0.922. The summed E-state index contributed by atoms with van der Waals surface area (Å²) in [6.45, 7) is 1.88. The Labute approximate surface area is 115 Å². The van der Waals surface area contributed by atoms with Gasteiger partial charge in [-0.2, -0.15) is 0 Å². The smallest absolute Gasteiger partial charge is 0.166 e. The molecular formula is C13H12Cl2N2O. The molecule has 0 aliphatic heterocycles. The van der Waals surface area contributed by atoms with Crippen molar-refractivity contribution < 1.29 is 4.74 Å². The Hall–Kier alpha value is -1.45.